The number of rotatable bonds is 4. The minimum Gasteiger partial charge on any atom is -0.477 e. The fourth-order valence-electron chi connectivity index (χ4n) is 3.95. The Morgan fingerprint density at radius 1 is 1.05 bits per heavy atom. The number of amides is 1. The van der Waals surface area contributed by atoms with E-state index in [0.717, 1.165) is 30.9 Å². The van der Waals surface area contributed by atoms with Crippen LogP contribution in [-0.2, 0) is 22.3 Å². The van der Waals surface area contributed by atoms with Crippen molar-refractivity contribution in [3.63, 3.8) is 0 Å². The molecule has 0 saturated heterocycles. The monoisotopic (exact) mass is 578 g/mol. The SMILES string of the molecule is CC.CC(C)(C)OC(=O)Nc1cc(C(F)(F)F)c2nc1-c1nnc(o1)C(OCc1ccccc1)CCCCCCO2. The Morgan fingerprint density at radius 3 is 2.44 bits per heavy atom. The smallest absolute Gasteiger partial charge is 0.421 e. The molecule has 1 N–H and O–H groups in total. The van der Waals surface area contributed by atoms with Gasteiger partial charge >= 0.3 is 12.3 Å². The van der Waals surface area contributed by atoms with Gasteiger partial charge in [-0.15, -0.1) is 10.2 Å². The summed E-state index contributed by atoms with van der Waals surface area (Å²) >= 11 is 0. The van der Waals surface area contributed by atoms with Gasteiger partial charge in [-0.3, -0.25) is 5.32 Å². The topological polar surface area (TPSA) is 109 Å². The van der Waals surface area contributed by atoms with Crippen molar-refractivity contribution < 1.29 is 36.6 Å². The summed E-state index contributed by atoms with van der Waals surface area (Å²) in [4.78, 5) is 16.6. The van der Waals surface area contributed by atoms with Crippen LogP contribution < -0.4 is 10.1 Å². The van der Waals surface area contributed by atoms with Crippen LogP contribution in [0.2, 0.25) is 0 Å². The molecule has 1 unspecified atom stereocenters. The van der Waals surface area contributed by atoms with Gasteiger partial charge in [-0.25, -0.2) is 9.78 Å². The summed E-state index contributed by atoms with van der Waals surface area (Å²) in [7, 11) is 0. The first-order valence-electron chi connectivity index (χ1n) is 13.7. The molecule has 4 bridgehead atoms. The maximum Gasteiger partial charge on any atom is 0.421 e. The highest BCUT2D eigenvalue weighted by Gasteiger charge is 2.38. The standard InChI is InChI=1S/C27H31F3N4O5.C2H6/c1-26(2,3)39-25(35)31-19-15-18(27(28,29)30)22-32-21(19)24-34-33-23(38-24)20(13-9-4-5-10-14-36-22)37-16-17-11-7-6-8-12-17;1-2/h6-8,11-12,15,20H,4-5,9-10,13-14,16H2,1-3H3,(H,31,35);1-2H3. The molecule has 3 heterocycles. The largest absolute Gasteiger partial charge is 0.477 e. The highest BCUT2D eigenvalue weighted by atomic mass is 19.4. The molecule has 1 aromatic carbocycles. The van der Waals surface area contributed by atoms with Crippen LogP contribution in [0.15, 0.2) is 40.8 Å². The third kappa shape index (κ3) is 9.44. The van der Waals surface area contributed by atoms with Crippen LogP contribution in [0.1, 0.15) is 89.8 Å². The first-order valence-corrected chi connectivity index (χ1v) is 13.7. The van der Waals surface area contributed by atoms with Crippen molar-refractivity contribution in [3.05, 3.63) is 53.4 Å². The molecule has 1 aliphatic rings. The van der Waals surface area contributed by atoms with E-state index in [0.29, 0.717) is 19.4 Å². The summed E-state index contributed by atoms with van der Waals surface area (Å²) in [5.41, 5.74) is -1.56. The maximum absolute atomic E-state index is 14.0. The molecule has 12 heteroatoms. The fraction of sp³-hybridized carbons (Fsp3) is 0.517. The lowest BCUT2D eigenvalue weighted by Gasteiger charge is -2.21. The van der Waals surface area contributed by atoms with Gasteiger partial charge < -0.3 is 18.6 Å². The van der Waals surface area contributed by atoms with E-state index in [1.807, 2.05) is 44.2 Å². The predicted octanol–water partition coefficient (Wildman–Crippen LogP) is 8.12. The Kier molecular flexibility index (Phi) is 11.1. The van der Waals surface area contributed by atoms with Gasteiger partial charge in [0, 0.05) is 0 Å². The van der Waals surface area contributed by atoms with Crippen molar-refractivity contribution in [2.24, 2.45) is 0 Å². The number of ether oxygens (including phenoxy) is 3. The Hall–Kier alpha value is -3.67. The van der Waals surface area contributed by atoms with E-state index in [-0.39, 0.29) is 29.8 Å². The van der Waals surface area contributed by atoms with Gasteiger partial charge in [-0.1, -0.05) is 63.4 Å². The summed E-state index contributed by atoms with van der Waals surface area (Å²) < 4.78 is 64.6. The molecule has 0 fully saturated rings. The predicted molar refractivity (Wildman–Crippen MR) is 146 cm³/mol. The fourth-order valence-corrected chi connectivity index (χ4v) is 3.95. The molecule has 0 aliphatic carbocycles. The summed E-state index contributed by atoms with van der Waals surface area (Å²) in [5, 5.41) is 10.5. The number of benzene rings is 1. The Balaban J connectivity index is 0.00000226. The van der Waals surface area contributed by atoms with Gasteiger partial charge in [0.05, 0.1) is 18.9 Å². The molecule has 1 atom stereocenters. The zero-order valence-electron chi connectivity index (χ0n) is 24.0. The number of aromatic nitrogens is 3. The molecule has 0 radical (unpaired) electrons. The van der Waals surface area contributed by atoms with Gasteiger partial charge in [0.2, 0.25) is 11.8 Å². The Morgan fingerprint density at radius 2 is 1.76 bits per heavy atom. The number of pyridine rings is 1. The number of alkyl halides is 3. The van der Waals surface area contributed by atoms with Crippen LogP contribution >= 0.6 is 0 Å². The van der Waals surface area contributed by atoms with Gasteiger partial charge in [0.15, 0.2) is 5.69 Å². The molecule has 0 saturated carbocycles. The van der Waals surface area contributed by atoms with Crippen LogP contribution in [-0.4, -0.2) is 33.5 Å². The number of fused-ring (bicyclic) bond motifs is 5. The number of carbonyl (C=O) groups is 1. The number of nitrogens with one attached hydrogen (secondary N) is 1. The van der Waals surface area contributed by atoms with E-state index >= 15 is 0 Å². The number of nitrogens with zero attached hydrogens (tertiary/aromatic N) is 3. The van der Waals surface area contributed by atoms with Crippen LogP contribution in [0.3, 0.4) is 0 Å². The lowest BCUT2D eigenvalue weighted by Crippen LogP contribution is -2.27. The van der Waals surface area contributed by atoms with E-state index < -0.39 is 35.4 Å². The van der Waals surface area contributed by atoms with Crippen molar-refractivity contribution in [3.8, 4) is 17.5 Å². The van der Waals surface area contributed by atoms with E-state index in [4.69, 9.17) is 18.6 Å². The zero-order valence-corrected chi connectivity index (χ0v) is 24.0. The maximum atomic E-state index is 14.0. The molecule has 2 aromatic heterocycles. The van der Waals surface area contributed by atoms with Crippen LogP contribution in [0.4, 0.5) is 23.7 Å². The average Bonchev–Trinajstić information content (AvgIpc) is 3.39. The molecule has 9 nitrogen and oxygen atoms in total. The molecular formula is C29H37F3N4O5. The number of carbonyl (C=O) groups excluding carboxylic acids is 1. The van der Waals surface area contributed by atoms with Gasteiger partial charge in [-0.2, -0.15) is 13.2 Å². The summed E-state index contributed by atoms with van der Waals surface area (Å²) in [6.45, 7) is 9.25. The molecule has 1 amide bonds. The highest BCUT2D eigenvalue weighted by molar-refractivity contribution is 5.89. The lowest BCUT2D eigenvalue weighted by atomic mass is 10.1. The number of halogens is 3. The van der Waals surface area contributed by atoms with Crippen molar-refractivity contribution in [2.45, 2.75) is 91.2 Å². The van der Waals surface area contributed by atoms with Crippen molar-refractivity contribution in [1.82, 2.24) is 15.2 Å². The van der Waals surface area contributed by atoms with Crippen LogP contribution in [0, 0.1) is 0 Å². The van der Waals surface area contributed by atoms with Gasteiger partial charge in [0.25, 0.3) is 5.89 Å². The minimum atomic E-state index is -4.80. The van der Waals surface area contributed by atoms with E-state index in [9.17, 15) is 18.0 Å². The first-order chi connectivity index (χ1) is 19.5. The molecular weight excluding hydrogens is 541 g/mol. The normalized spacial score (nSPS) is 16.0. The van der Waals surface area contributed by atoms with Crippen molar-refractivity contribution in [1.29, 1.82) is 0 Å². The Bertz CT molecular complexity index is 1260. The summed E-state index contributed by atoms with van der Waals surface area (Å²) in [6.07, 6.45) is -2.82. The second-order valence-electron chi connectivity index (χ2n) is 10.1. The Labute approximate surface area is 237 Å². The van der Waals surface area contributed by atoms with Gasteiger partial charge in [-0.05, 0) is 45.2 Å². The summed E-state index contributed by atoms with van der Waals surface area (Å²) in [5.74, 6) is -0.675. The second kappa shape index (κ2) is 14.3. The van der Waals surface area contributed by atoms with Gasteiger partial charge in [0.1, 0.15) is 17.3 Å². The van der Waals surface area contributed by atoms with Crippen molar-refractivity contribution in [2.75, 3.05) is 11.9 Å². The molecule has 224 valence electrons. The minimum absolute atomic E-state index is 0.0391. The number of anilines is 1. The highest BCUT2D eigenvalue weighted by Crippen LogP contribution is 2.41. The summed E-state index contributed by atoms with van der Waals surface area (Å²) in [6, 6.07) is 10.3. The zero-order chi connectivity index (χ0) is 30.0. The lowest BCUT2D eigenvalue weighted by molar-refractivity contribution is -0.139. The molecule has 1 aliphatic heterocycles. The quantitative estimate of drug-likeness (QED) is 0.331. The number of hydrogen-bond donors (Lipinski definition) is 1. The van der Waals surface area contributed by atoms with E-state index in [1.54, 1.807) is 20.8 Å². The van der Waals surface area contributed by atoms with Crippen LogP contribution in [0.25, 0.3) is 11.6 Å². The third-order valence-electron chi connectivity index (χ3n) is 5.74. The van der Waals surface area contributed by atoms with Crippen molar-refractivity contribution >= 4 is 11.8 Å². The first kappa shape index (κ1) is 31.9. The molecule has 0 spiro atoms. The second-order valence-corrected chi connectivity index (χ2v) is 10.1. The molecule has 41 heavy (non-hydrogen) atoms. The number of hydrogen-bond acceptors (Lipinski definition) is 8. The van der Waals surface area contributed by atoms with E-state index in [1.165, 1.54) is 0 Å². The van der Waals surface area contributed by atoms with E-state index in [2.05, 4.69) is 20.5 Å². The van der Waals surface area contributed by atoms with Crippen LogP contribution in [0.5, 0.6) is 5.88 Å². The average molecular weight is 579 g/mol. The molecule has 3 aromatic rings. The third-order valence-corrected chi connectivity index (χ3v) is 5.74. The molecule has 4 rings (SSSR count).